The van der Waals surface area contributed by atoms with Crippen LogP contribution in [0, 0.1) is 0 Å². The average Bonchev–Trinajstić information content (AvgIpc) is 2.71. The van der Waals surface area contributed by atoms with Gasteiger partial charge in [-0.25, -0.2) is 4.98 Å². The quantitative estimate of drug-likeness (QED) is 0.694. The predicted molar refractivity (Wildman–Crippen MR) is 52.8 cm³/mol. The van der Waals surface area contributed by atoms with E-state index in [2.05, 4.69) is 15.2 Å². The molecular weight excluding hydrogens is 180 g/mol. The van der Waals surface area contributed by atoms with E-state index < -0.39 is 0 Å². The van der Waals surface area contributed by atoms with Crippen LogP contribution in [-0.2, 0) is 0 Å². The lowest BCUT2D eigenvalue weighted by molar-refractivity contribution is 0.417. The van der Waals surface area contributed by atoms with Crippen LogP contribution in [0.1, 0.15) is 0 Å². The molecule has 2 aromatic rings. The summed E-state index contributed by atoms with van der Waals surface area (Å²) < 4.78 is 5.10. The average molecular weight is 190 g/mol. The molecule has 1 aromatic heterocycles. The van der Waals surface area contributed by atoms with Crippen LogP contribution < -0.4 is 10.5 Å². The smallest absolute Gasteiger partial charge is 0.157 e. The van der Waals surface area contributed by atoms with Crippen LogP contribution in [0.2, 0.25) is 0 Å². The van der Waals surface area contributed by atoms with Gasteiger partial charge in [0, 0.05) is 5.56 Å². The molecule has 1 heterocycles. The SMILES string of the molecule is COc1cccc(-c2ncn[nH]2)c1N. The number of rotatable bonds is 2. The molecule has 0 aliphatic rings. The number of nitrogens with zero attached hydrogens (tertiary/aromatic N) is 2. The first-order valence-corrected chi connectivity index (χ1v) is 4.11. The van der Waals surface area contributed by atoms with Crippen molar-refractivity contribution >= 4 is 5.69 Å². The summed E-state index contributed by atoms with van der Waals surface area (Å²) in [5, 5.41) is 6.51. The molecule has 0 atom stereocenters. The molecule has 0 bridgehead atoms. The largest absolute Gasteiger partial charge is 0.495 e. The fourth-order valence-electron chi connectivity index (χ4n) is 1.26. The van der Waals surface area contributed by atoms with Crippen molar-refractivity contribution in [3.63, 3.8) is 0 Å². The molecule has 0 saturated heterocycles. The van der Waals surface area contributed by atoms with E-state index >= 15 is 0 Å². The molecule has 14 heavy (non-hydrogen) atoms. The molecule has 0 unspecified atom stereocenters. The summed E-state index contributed by atoms with van der Waals surface area (Å²) in [4.78, 5) is 4.02. The van der Waals surface area contributed by atoms with Crippen LogP contribution in [0.5, 0.6) is 5.75 Å². The van der Waals surface area contributed by atoms with E-state index in [0.717, 1.165) is 5.56 Å². The summed E-state index contributed by atoms with van der Waals surface area (Å²) >= 11 is 0. The Balaban J connectivity index is 2.54. The van der Waals surface area contributed by atoms with Crippen molar-refractivity contribution in [1.82, 2.24) is 15.2 Å². The minimum Gasteiger partial charge on any atom is -0.495 e. The Kier molecular flexibility index (Phi) is 2.06. The van der Waals surface area contributed by atoms with Gasteiger partial charge < -0.3 is 10.5 Å². The molecule has 0 saturated carbocycles. The molecule has 5 heteroatoms. The van der Waals surface area contributed by atoms with Crippen LogP contribution in [0.4, 0.5) is 5.69 Å². The van der Waals surface area contributed by atoms with Gasteiger partial charge in [-0.2, -0.15) is 5.10 Å². The highest BCUT2D eigenvalue weighted by molar-refractivity contribution is 5.76. The van der Waals surface area contributed by atoms with Gasteiger partial charge >= 0.3 is 0 Å². The van der Waals surface area contributed by atoms with Gasteiger partial charge in [-0.15, -0.1) is 0 Å². The van der Waals surface area contributed by atoms with Gasteiger partial charge in [0.05, 0.1) is 12.8 Å². The molecule has 72 valence electrons. The first-order valence-electron chi connectivity index (χ1n) is 4.11. The van der Waals surface area contributed by atoms with Crippen molar-refractivity contribution in [2.45, 2.75) is 0 Å². The van der Waals surface area contributed by atoms with Crippen molar-refractivity contribution in [3.8, 4) is 17.1 Å². The number of ether oxygens (including phenoxy) is 1. The number of anilines is 1. The standard InChI is InChI=1S/C9H10N4O/c1-14-7-4-2-3-6(8(7)10)9-11-5-12-13-9/h2-5H,10H2,1H3,(H,11,12,13). The summed E-state index contributed by atoms with van der Waals surface area (Å²) in [7, 11) is 1.58. The molecule has 0 aliphatic carbocycles. The third-order valence-electron chi connectivity index (χ3n) is 1.96. The first kappa shape index (κ1) is 8.55. The number of aromatic amines is 1. The molecule has 0 amide bonds. The Labute approximate surface area is 80.9 Å². The highest BCUT2D eigenvalue weighted by Crippen LogP contribution is 2.30. The van der Waals surface area contributed by atoms with Gasteiger partial charge in [-0.1, -0.05) is 6.07 Å². The second-order valence-electron chi connectivity index (χ2n) is 2.76. The second kappa shape index (κ2) is 3.37. The lowest BCUT2D eigenvalue weighted by Crippen LogP contribution is -1.95. The zero-order valence-corrected chi connectivity index (χ0v) is 7.69. The van der Waals surface area contributed by atoms with Crippen molar-refractivity contribution in [1.29, 1.82) is 0 Å². The van der Waals surface area contributed by atoms with Gasteiger partial charge in [0.1, 0.15) is 12.1 Å². The zero-order valence-electron chi connectivity index (χ0n) is 7.69. The molecule has 3 N–H and O–H groups in total. The third-order valence-corrected chi connectivity index (χ3v) is 1.96. The van der Waals surface area contributed by atoms with Crippen molar-refractivity contribution in [3.05, 3.63) is 24.5 Å². The van der Waals surface area contributed by atoms with E-state index in [1.54, 1.807) is 13.2 Å². The highest BCUT2D eigenvalue weighted by Gasteiger charge is 2.08. The molecule has 1 aromatic carbocycles. The van der Waals surface area contributed by atoms with Crippen molar-refractivity contribution in [2.75, 3.05) is 12.8 Å². The van der Waals surface area contributed by atoms with Crippen LogP contribution in [0.15, 0.2) is 24.5 Å². The fraction of sp³-hybridized carbons (Fsp3) is 0.111. The van der Waals surface area contributed by atoms with Gasteiger partial charge in [-0.05, 0) is 12.1 Å². The number of aromatic nitrogens is 3. The molecule has 0 aliphatic heterocycles. The maximum Gasteiger partial charge on any atom is 0.157 e. The maximum atomic E-state index is 5.87. The zero-order chi connectivity index (χ0) is 9.97. The fourth-order valence-corrected chi connectivity index (χ4v) is 1.26. The summed E-state index contributed by atoms with van der Waals surface area (Å²) in [6, 6.07) is 5.51. The Morgan fingerprint density at radius 2 is 2.29 bits per heavy atom. The molecular formula is C9H10N4O. The van der Waals surface area contributed by atoms with Crippen LogP contribution in [-0.4, -0.2) is 22.3 Å². The summed E-state index contributed by atoms with van der Waals surface area (Å²) in [6.45, 7) is 0. The van der Waals surface area contributed by atoms with E-state index in [1.807, 2.05) is 12.1 Å². The van der Waals surface area contributed by atoms with E-state index in [-0.39, 0.29) is 0 Å². The summed E-state index contributed by atoms with van der Waals surface area (Å²) in [6.07, 6.45) is 1.44. The topological polar surface area (TPSA) is 76.8 Å². The van der Waals surface area contributed by atoms with Crippen LogP contribution >= 0.6 is 0 Å². The number of para-hydroxylation sites is 1. The van der Waals surface area contributed by atoms with Gasteiger partial charge in [0.15, 0.2) is 5.82 Å². The van der Waals surface area contributed by atoms with E-state index in [4.69, 9.17) is 10.5 Å². The van der Waals surface area contributed by atoms with Crippen molar-refractivity contribution in [2.24, 2.45) is 0 Å². The van der Waals surface area contributed by atoms with E-state index in [1.165, 1.54) is 6.33 Å². The Morgan fingerprint density at radius 1 is 1.43 bits per heavy atom. The summed E-state index contributed by atoms with van der Waals surface area (Å²) in [5.74, 6) is 1.28. The lowest BCUT2D eigenvalue weighted by Gasteiger charge is -2.06. The molecule has 0 radical (unpaired) electrons. The molecule has 0 fully saturated rings. The molecule has 0 spiro atoms. The number of benzene rings is 1. The number of nitrogen functional groups attached to an aromatic ring is 1. The monoisotopic (exact) mass is 190 g/mol. The minimum atomic E-state index is 0.562. The predicted octanol–water partition coefficient (Wildman–Crippen LogP) is 1.06. The minimum absolute atomic E-state index is 0.562. The van der Waals surface area contributed by atoms with Crippen molar-refractivity contribution < 1.29 is 4.74 Å². The number of nitrogens with one attached hydrogen (secondary N) is 1. The lowest BCUT2D eigenvalue weighted by atomic mass is 10.1. The Morgan fingerprint density at radius 3 is 2.93 bits per heavy atom. The van der Waals surface area contributed by atoms with E-state index in [9.17, 15) is 0 Å². The second-order valence-corrected chi connectivity index (χ2v) is 2.76. The van der Waals surface area contributed by atoms with E-state index in [0.29, 0.717) is 17.3 Å². The number of nitrogens with two attached hydrogens (primary N) is 1. The highest BCUT2D eigenvalue weighted by atomic mass is 16.5. The van der Waals surface area contributed by atoms with Crippen LogP contribution in [0.3, 0.4) is 0 Å². The number of methoxy groups -OCH3 is 1. The Hall–Kier alpha value is -2.04. The first-order chi connectivity index (χ1) is 6.83. The third kappa shape index (κ3) is 1.28. The van der Waals surface area contributed by atoms with Gasteiger partial charge in [-0.3, -0.25) is 5.10 Å². The number of H-pyrrole nitrogens is 1. The summed E-state index contributed by atoms with van der Waals surface area (Å²) in [5.41, 5.74) is 7.23. The van der Waals surface area contributed by atoms with Gasteiger partial charge in [0.2, 0.25) is 0 Å². The van der Waals surface area contributed by atoms with Gasteiger partial charge in [0.25, 0.3) is 0 Å². The Bertz CT molecular complexity index is 424. The molecule has 5 nitrogen and oxygen atoms in total. The number of hydrogen-bond donors (Lipinski definition) is 2. The van der Waals surface area contributed by atoms with Crippen LogP contribution in [0.25, 0.3) is 11.4 Å². The number of hydrogen-bond acceptors (Lipinski definition) is 4. The normalized spacial score (nSPS) is 10.1. The molecule has 2 rings (SSSR count). The maximum absolute atomic E-state index is 5.87.